The number of allylic oxidation sites excluding steroid dienone is 3. The molecule has 0 aromatic heterocycles. The van der Waals surface area contributed by atoms with E-state index in [0.29, 0.717) is 0 Å². The highest BCUT2D eigenvalue weighted by Gasteiger charge is 2.44. The Morgan fingerprint density at radius 1 is 0.889 bits per heavy atom. The first-order chi connectivity index (χ1) is 16.8. The molecule has 0 saturated carbocycles. The van der Waals surface area contributed by atoms with Gasteiger partial charge in [-0.05, 0) is 74.7 Å². The number of hydrogen-bond donors (Lipinski definition) is 1. The fraction of sp³-hybridized carbons (Fsp3) is 0.273. The van der Waals surface area contributed by atoms with Gasteiger partial charge in [0.2, 0.25) is 0 Å². The quantitative estimate of drug-likeness (QED) is 0.408. The van der Waals surface area contributed by atoms with E-state index in [-0.39, 0.29) is 23.9 Å². The van der Waals surface area contributed by atoms with Crippen molar-refractivity contribution in [1.82, 2.24) is 0 Å². The molecule has 1 atom stereocenters. The molecule has 0 fully saturated rings. The molecule has 4 rings (SSSR count). The summed E-state index contributed by atoms with van der Waals surface area (Å²) in [5.41, 5.74) is 3.41. The monoisotopic (exact) mass is 514 g/mol. The van der Waals surface area contributed by atoms with Crippen LogP contribution in [0.3, 0.4) is 0 Å². The summed E-state index contributed by atoms with van der Waals surface area (Å²) < 4.78 is 0. The molecule has 0 spiro atoms. The van der Waals surface area contributed by atoms with Crippen LogP contribution in [-0.2, 0) is 0 Å². The van der Waals surface area contributed by atoms with Crippen molar-refractivity contribution in [2.75, 3.05) is 6.16 Å². The molecule has 36 heavy (non-hydrogen) atoms. The first-order valence-electron chi connectivity index (χ1n) is 12.4. The van der Waals surface area contributed by atoms with Gasteiger partial charge in [0.1, 0.15) is 23.2 Å². The average molecular weight is 515 g/mol. The number of aliphatic hydroxyl groups excluding tert-OH is 1. The lowest BCUT2D eigenvalue weighted by atomic mass is 9.72. The Hall–Kier alpha value is -2.62. The van der Waals surface area contributed by atoms with Crippen molar-refractivity contribution in [3.63, 3.8) is 0 Å². The van der Waals surface area contributed by atoms with Crippen molar-refractivity contribution in [2.24, 2.45) is 5.41 Å². The molecule has 0 bridgehead atoms. The number of halogens is 1. The van der Waals surface area contributed by atoms with Crippen LogP contribution in [0.1, 0.15) is 40.5 Å². The lowest BCUT2D eigenvalue weighted by molar-refractivity contribution is -0.0000116. The normalized spacial score (nSPS) is 17.6. The Balaban J connectivity index is 0.00000361. The predicted molar refractivity (Wildman–Crippen MR) is 153 cm³/mol. The molecular weight excluding hydrogens is 479 g/mol. The van der Waals surface area contributed by atoms with Crippen LogP contribution in [0, 0.1) is 17.3 Å². The van der Waals surface area contributed by atoms with Crippen LogP contribution in [-0.4, -0.2) is 17.4 Å². The van der Waals surface area contributed by atoms with Crippen molar-refractivity contribution in [3.05, 3.63) is 114 Å². The third-order valence-electron chi connectivity index (χ3n) is 7.04. The predicted octanol–water partition coefficient (Wildman–Crippen LogP) is 3.43. The maximum Gasteiger partial charge on any atom is 0.116 e. The Morgan fingerprint density at radius 2 is 1.33 bits per heavy atom. The molecule has 3 heteroatoms. The molecule has 1 aliphatic carbocycles. The molecule has 3 aromatic rings. The standard InChI is InChI=1S/C33H36OP.ClH/c1-26(20-21-32-27(2)24-28(34)25-33(32,3)4)22-23-35(29-14-8-5-9-15-29,30-16-10-6-11-17-30)31-18-12-7-13-19-31;/h5-19,22,28,34H,23-25H2,1-4H3;1H/q+1;/p-1/t28-;/m1./s1. The zero-order chi connectivity index (χ0) is 24.9. The van der Waals surface area contributed by atoms with Gasteiger partial charge >= 0.3 is 0 Å². The molecule has 1 N–H and O–H groups in total. The van der Waals surface area contributed by atoms with Crippen LogP contribution >= 0.6 is 7.26 Å². The zero-order valence-electron chi connectivity index (χ0n) is 21.7. The fourth-order valence-corrected chi connectivity index (χ4v) is 9.49. The van der Waals surface area contributed by atoms with E-state index >= 15 is 0 Å². The minimum absolute atomic E-state index is 0. The van der Waals surface area contributed by atoms with E-state index in [1.165, 1.54) is 27.1 Å². The summed E-state index contributed by atoms with van der Waals surface area (Å²) in [6, 6.07) is 32.9. The van der Waals surface area contributed by atoms with Crippen molar-refractivity contribution in [3.8, 4) is 11.8 Å². The van der Waals surface area contributed by atoms with Gasteiger partial charge in [-0.2, -0.15) is 0 Å². The molecule has 0 heterocycles. The van der Waals surface area contributed by atoms with Crippen LogP contribution < -0.4 is 28.3 Å². The van der Waals surface area contributed by atoms with Crippen molar-refractivity contribution < 1.29 is 17.5 Å². The minimum atomic E-state index is -1.90. The Labute approximate surface area is 224 Å². The molecule has 0 amide bonds. The Kier molecular flexibility index (Phi) is 9.38. The topological polar surface area (TPSA) is 20.2 Å². The molecule has 1 nitrogen and oxygen atoms in total. The highest BCUT2D eigenvalue weighted by Crippen LogP contribution is 2.55. The first kappa shape index (κ1) is 28.0. The SMILES string of the molecule is CC(C#CC1=C(C)C[C@@H](O)CC1(C)C)=CC[P+](c1ccccc1)(c1ccccc1)c1ccccc1.[Cl-]. The van der Waals surface area contributed by atoms with Gasteiger partial charge < -0.3 is 17.5 Å². The van der Waals surface area contributed by atoms with Gasteiger partial charge in [-0.1, -0.05) is 85.9 Å². The van der Waals surface area contributed by atoms with Gasteiger partial charge in [0.05, 0.1) is 12.3 Å². The van der Waals surface area contributed by atoms with Crippen LogP contribution in [0.2, 0.25) is 0 Å². The fourth-order valence-electron chi connectivity index (χ4n) is 5.37. The maximum absolute atomic E-state index is 10.2. The van der Waals surface area contributed by atoms with Crippen molar-refractivity contribution in [2.45, 2.75) is 46.6 Å². The molecule has 0 saturated heterocycles. The maximum atomic E-state index is 10.2. The number of benzene rings is 3. The zero-order valence-corrected chi connectivity index (χ0v) is 23.4. The van der Waals surface area contributed by atoms with E-state index in [2.05, 4.69) is 137 Å². The summed E-state index contributed by atoms with van der Waals surface area (Å²) in [7, 11) is -1.90. The molecule has 0 aliphatic heterocycles. The highest BCUT2D eigenvalue weighted by molar-refractivity contribution is 7.95. The number of aliphatic hydroxyl groups is 1. The lowest BCUT2D eigenvalue weighted by Gasteiger charge is -2.34. The van der Waals surface area contributed by atoms with E-state index in [1.807, 2.05) is 0 Å². The average Bonchev–Trinajstić information content (AvgIpc) is 2.85. The summed E-state index contributed by atoms with van der Waals surface area (Å²) in [5.74, 6) is 6.97. The molecule has 0 unspecified atom stereocenters. The first-order valence-corrected chi connectivity index (χ1v) is 14.4. The lowest BCUT2D eigenvalue weighted by Crippen LogP contribution is -3.00. The Morgan fingerprint density at radius 3 is 1.75 bits per heavy atom. The second-order valence-corrected chi connectivity index (χ2v) is 13.8. The molecule has 186 valence electrons. The Bertz CT molecular complexity index is 1170. The smallest absolute Gasteiger partial charge is 0.116 e. The van der Waals surface area contributed by atoms with Gasteiger partial charge in [-0.3, -0.25) is 0 Å². The van der Waals surface area contributed by atoms with E-state index in [9.17, 15) is 5.11 Å². The van der Waals surface area contributed by atoms with Gasteiger partial charge in [0, 0.05) is 11.0 Å². The molecule has 3 aromatic carbocycles. The summed E-state index contributed by atoms with van der Waals surface area (Å²) in [5, 5.41) is 14.4. The van der Waals surface area contributed by atoms with Crippen LogP contribution in [0.25, 0.3) is 0 Å². The van der Waals surface area contributed by atoms with E-state index in [4.69, 9.17) is 0 Å². The van der Waals surface area contributed by atoms with Gasteiger partial charge in [0.25, 0.3) is 0 Å². The molecule has 0 radical (unpaired) electrons. The minimum Gasteiger partial charge on any atom is -1.00 e. The summed E-state index contributed by atoms with van der Waals surface area (Å²) in [4.78, 5) is 0. The van der Waals surface area contributed by atoms with Gasteiger partial charge in [-0.15, -0.1) is 0 Å². The summed E-state index contributed by atoms with van der Waals surface area (Å²) in [6.07, 6.45) is 4.49. The summed E-state index contributed by atoms with van der Waals surface area (Å²) in [6.45, 7) is 8.63. The molecular formula is C33H36ClOP. The molecule has 1 aliphatic rings. The van der Waals surface area contributed by atoms with Crippen molar-refractivity contribution in [1.29, 1.82) is 0 Å². The number of hydrogen-bond acceptors (Lipinski definition) is 1. The second kappa shape index (κ2) is 12.1. The largest absolute Gasteiger partial charge is 1.00 e. The van der Waals surface area contributed by atoms with E-state index in [1.54, 1.807) is 0 Å². The van der Waals surface area contributed by atoms with E-state index < -0.39 is 7.26 Å². The summed E-state index contributed by atoms with van der Waals surface area (Å²) >= 11 is 0. The third kappa shape index (κ3) is 6.02. The van der Waals surface area contributed by atoms with Crippen LogP contribution in [0.15, 0.2) is 114 Å². The van der Waals surface area contributed by atoms with Crippen LogP contribution in [0.4, 0.5) is 0 Å². The third-order valence-corrected chi connectivity index (χ3v) is 11.3. The second-order valence-electron chi connectivity index (χ2n) is 10.2. The van der Waals surface area contributed by atoms with Gasteiger partial charge in [-0.25, -0.2) is 0 Å². The van der Waals surface area contributed by atoms with Crippen LogP contribution in [0.5, 0.6) is 0 Å². The van der Waals surface area contributed by atoms with Crippen molar-refractivity contribution >= 4 is 23.2 Å². The van der Waals surface area contributed by atoms with E-state index in [0.717, 1.165) is 24.6 Å². The van der Waals surface area contributed by atoms with Gasteiger partial charge in [0.15, 0.2) is 0 Å². The number of rotatable bonds is 5. The highest BCUT2D eigenvalue weighted by atomic mass is 35.5.